The number of hydrogen-bond acceptors (Lipinski definition) is 2. The Balaban J connectivity index is 2.23. The van der Waals surface area contributed by atoms with Crippen molar-refractivity contribution in [3.8, 4) is 0 Å². The van der Waals surface area contributed by atoms with Gasteiger partial charge in [-0.25, -0.2) is 0 Å². The van der Waals surface area contributed by atoms with Crippen molar-refractivity contribution < 1.29 is 0 Å². The Bertz CT molecular complexity index is 145. The third kappa shape index (κ3) is 3.28. The van der Waals surface area contributed by atoms with E-state index in [1.807, 2.05) is 0 Å². The van der Waals surface area contributed by atoms with Gasteiger partial charge in [0.15, 0.2) is 0 Å². The molecule has 0 saturated carbocycles. The van der Waals surface area contributed by atoms with Crippen LogP contribution in [-0.2, 0) is 0 Å². The van der Waals surface area contributed by atoms with Crippen LogP contribution in [-0.4, -0.2) is 30.6 Å². The molecule has 2 atom stereocenters. The molecule has 0 amide bonds. The molecule has 0 aromatic heterocycles. The molecule has 0 aromatic rings. The van der Waals surface area contributed by atoms with E-state index in [1.54, 1.807) is 0 Å². The first-order chi connectivity index (χ1) is 6.13. The fourth-order valence-corrected chi connectivity index (χ4v) is 2.05. The molecule has 0 spiro atoms. The minimum Gasteiger partial charge on any atom is -0.327 e. The van der Waals surface area contributed by atoms with Gasteiger partial charge in [-0.1, -0.05) is 20.8 Å². The van der Waals surface area contributed by atoms with Gasteiger partial charge in [0.1, 0.15) is 0 Å². The normalized spacial score (nSPS) is 27.0. The van der Waals surface area contributed by atoms with E-state index in [-0.39, 0.29) is 0 Å². The lowest BCUT2D eigenvalue weighted by Crippen LogP contribution is -2.30. The Morgan fingerprint density at radius 1 is 1.46 bits per heavy atom. The molecule has 2 N–H and O–H groups in total. The Morgan fingerprint density at radius 3 is 2.62 bits per heavy atom. The molecule has 0 radical (unpaired) electrons. The summed E-state index contributed by atoms with van der Waals surface area (Å²) < 4.78 is 0. The van der Waals surface area contributed by atoms with Crippen LogP contribution in [0.2, 0.25) is 0 Å². The van der Waals surface area contributed by atoms with Gasteiger partial charge in [-0.3, -0.25) is 0 Å². The highest BCUT2D eigenvalue weighted by Crippen LogP contribution is 2.22. The van der Waals surface area contributed by atoms with E-state index in [4.69, 9.17) is 5.73 Å². The molecule has 1 heterocycles. The van der Waals surface area contributed by atoms with Crippen LogP contribution in [0.4, 0.5) is 0 Å². The van der Waals surface area contributed by atoms with Gasteiger partial charge in [0.25, 0.3) is 0 Å². The maximum Gasteiger partial charge on any atom is 0.00650 e. The highest BCUT2D eigenvalue weighted by molar-refractivity contribution is 4.79. The topological polar surface area (TPSA) is 29.3 Å². The van der Waals surface area contributed by atoms with E-state index >= 15 is 0 Å². The smallest absolute Gasteiger partial charge is 0.00650 e. The lowest BCUT2D eigenvalue weighted by atomic mass is 9.93. The minimum absolute atomic E-state index is 0.404. The molecule has 0 aromatic carbocycles. The molecule has 2 heteroatoms. The second-order valence-electron chi connectivity index (χ2n) is 4.69. The van der Waals surface area contributed by atoms with E-state index < -0.39 is 0 Å². The Morgan fingerprint density at radius 2 is 2.15 bits per heavy atom. The summed E-state index contributed by atoms with van der Waals surface area (Å²) in [5.74, 6) is 1.49. The van der Waals surface area contributed by atoms with Crippen LogP contribution < -0.4 is 5.73 Å². The predicted octanol–water partition coefficient (Wildman–Crippen LogP) is 1.70. The number of nitrogens with two attached hydrogens (primary N) is 1. The predicted molar refractivity (Wildman–Crippen MR) is 57.7 cm³/mol. The van der Waals surface area contributed by atoms with Gasteiger partial charge >= 0.3 is 0 Å². The number of likely N-dealkylation sites (tertiary alicyclic amines) is 1. The summed E-state index contributed by atoms with van der Waals surface area (Å²) in [6, 6.07) is 0.404. The quantitative estimate of drug-likeness (QED) is 0.720. The van der Waals surface area contributed by atoms with E-state index in [0.29, 0.717) is 12.0 Å². The number of nitrogens with zero attached hydrogens (tertiary/aromatic N) is 1. The molecule has 78 valence electrons. The Hall–Kier alpha value is -0.0800. The zero-order valence-corrected chi connectivity index (χ0v) is 9.29. The van der Waals surface area contributed by atoms with Crippen LogP contribution in [0.15, 0.2) is 0 Å². The zero-order valence-electron chi connectivity index (χ0n) is 9.29. The van der Waals surface area contributed by atoms with Crippen molar-refractivity contribution in [2.75, 3.05) is 19.6 Å². The molecule has 0 aliphatic carbocycles. The summed E-state index contributed by atoms with van der Waals surface area (Å²) in [4.78, 5) is 2.53. The standard InChI is InChI=1S/C11H24N2/c1-4-13-6-5-10(8-13)7-11(12)9(2)3/h9-11H,4-8,12H2,1-3H3. The molecule has 2 unspecified atom stereocenters. The molecule has 1 fully saturated rings. The maximum absolute atomic E-state index is 6.06. The van der Waals surface area contributed by atoms with Crippen molar-refractivity contribution in [3.05, 3.63) is 0 Å². The molecule has 1 rings (SSSR count). The summed E-state index contributed by atoms with van der Waals surface area (Å²) in [5, 5.41) is 0. The maximum atomic E-state index is 6.06. The summed E-state index contributed by atoms with van der Waals surface area (Å²) in [6.07, 6.45) is 2.57. The van der Waals surface area contributed by atoms with Gasteiger partial charge in [0.05, 0.1) is 0 Å². The molecule has 13 heavy (non-hydrogen) atoms. The van der Waals surface area contributed by atoms with Gasteiger partial charge in [0.2, 0.25) is 0 Å². The van der Waals surface area contributed by atoms with Crippen LogP contribution in [0.5, 0.6) is 0 Å². The van der Waals surface area contributed by atoms with E-state index in [0.717, 1.165) is 5.92 Å². The molecule has 0 bridgehead atoms. The van der Waals surface area contributed by atoms with Crippen LogP contribution in [0.1, 0.15) is 33.6 Å². The third-order valence-corrected chi connectivity index (χ3v) is 3.28. The van der Waals surface area contributed by atoms with Crippen molar-refractivity contribution in [1.29, 1.82) is 0 Å². The Kier molecular flexibility index (Phi) is 4.20. The van der Waals surface area contributed by atoms with Crippen molar-refractivity contribution in [3.63, 3.8) is 0 Å². The van der Waals surface area contributed by atoms with Crippen molar-refractivity contribution in [2.24, 2.45) is 17.6 Å². The first-order valence-corrected chi connectivity index (χ1v) is 5.61. The second-order valence-corrected chi connectivity index (χ2v) is 4.69. The fourth-order valence-electron chi connectivity index (χ4n) is 2.05. The van der Waals surface area contributed by atoms with Gasteiger partial charge in [-0.15, -0.1) is 0 Å². The van der Waals surface area contributed by atoms with E-state index in [2.05, 4.69) is 25.7 Å². The molecular formula is C11H24N2. The molecule has 2 nitrogen and oxygen atoms in total. The van der Waals surface area contributed by atoms with Gasteiger partial charge < -0.3 is 10.6 Å². The lowest BCUT2D eigenvalue weighted by molar-refractivity contribution is 0.320. The van der Waals surface area contributed by atoms with Gasteiger partial charge in [-0.2, -0.15) is 0 Å². The lowest BCUT2D eigenvalue weighted by Gasteiger charge is -2.20. The van der Waals surface area contributed by atoms with Crippen LogP contribution >= 0.6 is 0 Å². The van der Waals surface area contributed by atoms with Crippen molar-refractivity contribution >= 4 is 0 Å². The van der Waals surface area contributed by atoms with Crippen LogP contribution in [0.25, 0.3) is 0 Å². The summed E-state index contributed by atoms with van der Waals surface area (Å²) >= 11 is 0. The van der Waals surface area contributed by atoms with Gasteiger partial charge in [0, 0.05) is 12.6 Å². The van der Waals surface area contributed by atoms with Crippen molar-refractivity contribution in [1.82, 2.24) is 4.90 Å². The van der Waals surface area contributed by atoms with E-state index in [9.17, 15) is 0 Å². The minimum atomic E-state index is 0.404. The molecule has 1 aliphatic heterocycles. The molecule has 1 aliphatic rings. The number of rotatable bonds is 4. The monoisotopic (exact) mass is 184 g/mol. The van der Waals surface area contributed by atoms with Crippen LogP contribution in [0.3, 0.4) is 0 Å². The molecule has 1 saturated heterocycles. The zero-order chi connectivity index (χ0) is 9.84. The summed E-state index contributed by atoms with van der Waals surface area (Å²) in [5.41, 5.74) is 6.06. The van der Waals surface area contributed by atoms with Crippen LogP contribution in [0, 0.1) is 11.8 Å². The SMILES string of the molecule is CCN1CCC(CC(N)C(C)C)C1. The molecular weight excluding hydrogens is 160 g/mol. The largest absolute Gasteiger partial charge is 0.327 e. The average molecular weight is 184 g/mol. The highest BCUT2D eigenvalue weighted by atomic mass is 15.1. The summed E-state index contributed by atoms with van der Waals surface area (Å²) in [6.45, 7) is 10.4. The first-order valence-electron chi connectivity index (χ1n) is 5.61. The van der Waals surface area contributed by atoms with Crippen molar-refractivity contribution in [2.45, 2.75) is 39.7 Å². The number of hydrogen-bond donors (Lipinski definition) is 1. The average Bonchev–Trinajstić information content (AvgIpc) is 2.52. The second kappa shape index (κ2) is 4.97. The third-order valence-electron chi connectivity index (χ3n) is 3.28. The fraction of sp³-hybridized carbons (Fsp3) is 1.00. The highest BCUT2D eigenvalue weighted by Gasteiger charge is 2.23. The van der Waals surface area contributed by atoms with Gasteiger partial charge in [-0.05, 0) is 37.8 Å². The summed E-state index contributed by atoms with van der Waals surface area (Å²) in [7, 11) is 0. The first kappa shape index (κ1) is 11.0. The van der Waals surface area contributed by atoms with E-state index in [1.165, 1.54) is 32.5 Å². The Labute approximate surface area is 82.5 Å².